The molecule has 0 amide bonds. The highest BCUT2D eigenvalue weighted by molar-refractivity contribution is 7.93. The Kier molecular flexibility index (Phi) is 6.59. The van der Waals surface area contributed by atoms with E-state index in [-0.39, 0.29) is 20.8 Å². The molecule has 0 fully saturated rings. The Balaban J connectivity index is 2.75. The van der Waals surface area contributed by atoms with Gasteiger partial charge in [0, 0.05) is 12.1 Å². The van der Waals surface area contributed by atoms with Crippen LogP contribution in [-0.2, 0) is 14.8 Å². The number of halogens is 4. The Hall–Kier alpha value is -1.58. The van der Waals surface area contributed by atoms with Crippen molar-refractivity contribution in [1.82, 2.24) is 0 Å². The van der Waals surface area contributed by atoms with Crippen LogP contribution in [0.5, 0.6) is 0 Å². The molecule has 0 radical (unpaired) electrons. The predicted molar refractivity (Wildman–Crippen MR) is 105 cm³/mol. The molecule has 1 atom stereocenters. The van der Waals surface area contributed by atoms with Crippen molar-refractivity contribution in [3.63, 3.8) is 0 Å². The quantitative estimate of drug-likeness (QED) is 0.258. The van der Waals surface area contributed by atoms with Crippen LogP contribution in [0.15, 0.2) is 41.3 Å². The summed E-state index contributed by atoms with van der Waals surface area (Å²) >= 11 is 23.4. The number of anilines is 1. The first-order chi connectivity index (χ1) is 12.5. The minimum absolute atomic E-state index is 0.00969. The number of hydrogen-bond acceptors (Lipinski definition) is 5. The zero-order chi connectivity index (χ0) is 20.5. The van der Waals surface area contributed by atoms with Gasteiger partial charge in [0.25, 0.3) is 15.7 Å². The highest BCUT2D eigenvalue weighted by Gasteiger charge is 2.35. The summed E-state index contributed by atoms with van der Waals surface area (Å²) in [5.74, 6) is 0. The molecule has 0 saturated carbocycles. The van der Waals surface area contributed by atoms with Crippen LogP contribution in [0.4, 0.5) is 11.4 Å². The highest BCUT2D eigenvalue weighted by Crippen LogP contribution is 2.38. The molecule has 0 aliphatic carbocycles. The van der Waals surface area contributed by atoms with Crippen molar-refractivity contribution in [3.8, 4) is 0 Å². The fourth-order valence-corrected chi connectivity index (χ4v) is 4.70. The zero-order valence-corrected chi connectivity index (χ0v) is 17.2. The van der Waals surface area contributed by atoms with Gasteiger partial charge in [-0.1, -0.05) is 40.9 Å². The van der Waals surface area contributed by atoms with Crippen LogP contribution in [0.2, 0.25) is 15.1 Å². The fourth-order valence-electron chi connectivity index (χ4n) is 2.19. The first-order valence-corrected chi connectivity index (χ1v) is 10.0. The Morgan fingerprint density at radius 3 is 2.26 bits per heavy atom. The van der Waals surface area contributed by atoms with Crippen molar-refractivity contribution in [3.05, 3.63) is 61.6 Å². The number of hydrogen-bond donors (Lipinski definition) is 0. The normalized spacial score (nSPS) is 12.5. The second kappa shape index (κ2) is 8.20. The molecule has 12 heteroatoms. The maximum atomic E-state index is 13.2. The van der Waals surface area contributed by atoms with Crippen molar-refractivity contribution in [2.24, 2.45) is 0 Å². The molecule has 2 aromatic carbocycles. The second-order valence-electron chi connectivity index (χ2n) is 5.25. The average Bonchev–Trinajstić information content (AvgIpc) is 2.59. The average molecular weight is 472 g/mol. The number of rotatable bonds is 6. The first-order valence-electron chi connectivity index (χ1n) is 7.09. The van der Waals surface area contributed by atoms with E-state index < -0.39 is 36.8 Å². The Labute approximate surface area is 174 Å². The van der Waals surface area contributed by atoms with Crippen molar-refractivity contribution in [2.45, 2.75) is 17.9 Å². The van der Waals surface area contributed by atoms with E-state index in [0.717, 1.165) is 24.3 Å². The molecule has 0 aromatic heterocycles. The smallest absolute Gasteiger partial charge is 0.270 e. The molecule has 0 aliphatic heterocycles. The predicted octanol–water partition coefficient (Wildman–Crippen LogP) is 4.90. The summed E-state index contributed by atoms with van der Waals surface area (Å²) in [6.45, 7) is 1.24. The van der Waals surface area contributed by atoms with Gasteiger partial charge in [0.2, 0.25) is 5.24 Å². The van der Waals surface area contributed by atoms with Crippen LogP contribution in [0.25, 0.3) is 0 Å². The van der Waals surface area contributed by atoms with Crippen LogP contribution >= 0.6 is 46.4 Å². The summed E-state index contributed by atoms with van der Waals surface area (Å²) in [6.07, 6.45) is 0. The molecule has 7 nitrogen and oxygen atoms in total. The van der Waals surface area contributed by atoms with E-state index in [1.54, 1.807) is 0 Å². The third-order valence-corrected chi connectivity index (χ3v) is 6.71. The van der Waals surface area contributed by atoms with Crippen molar-refractivity contribution in [2.75, 3.05) is 4.31 Å². The van der Waals surface area contributed by atoms with Crippen LogP contribution < -0.4 is 4.31 Å². The van der Waals surface area contributed by atoms with Gasteiger partial charge in [-0.2, -0.15) is 0 Å². The van der Waals surface area contributed by atoms with E-state index in [1.165, 1.54) is 19.1 Å². The lowest BCUT2D eigenvalue weighted by molar-refractivity contribution is -0.385. The molecule has 0 heterocycles. The van der Waals surface area contributed by atoms with Crippen LogP contribution in [0, 0.1) is 10.1 Å². The fraction of sp³-hybridized carbons (Fsp3) is 0.133. The number of benzene rings is 2. The van der Waals surface area contributed by atoms with Crippen molar-refractivity contribution in [1.29, 1.82) is 0 Å². The molecule has 0 bridgehead atoms. The molecule has 1 unspecified atom stereocenters. The van der Waals surface area contributed by atoms with Gasteiger partial charge in [0.1, 0.15) is 6.04 Å². The highest BCUT2D eigenvalue weighted by atomic mass is 35.5. The van der Waals surface area contributed by atoms with Gasteiger partial charge >= 0.3 is 0 Å². The monoisotopic (exact) mass is 470 g/mol. The Morgan fingerprint density at radius 2 is 1.70 bits per heavy atom. The molecule has 0 aliphatic rings. The lowest BCUT2D eigenvalue weighted by Crippen LogP contribution is -2.42. The molecule has 144 valence electrons. The van der Waals surface area contributed by atoms with Gasteiger partial charge in [-0.3, -0.25) is 19.2 Å². The van der Waals surface area contributed by atoms with Gasteiger partial charge in [0.15, 0.2) is 0 Å². The maximum absolute atomic E-state index is 13.2. The molecule has 2 rings (SSSR count). The first kappa shape index (κ1) is 21.7. The Morgan fingerprint density at radius 1 is 1.11 bits per heavy atom. The van der Waals surface area contributed by atoms with E-state index in [2.05, 4.69) is 0 Å². The molecule has 27 heavy (non-hydrogen) atoms. The summed E-state index contributed by atoms with van der Waals surface area (Å²) in [6, 6.07) is 5.33. The topological polar surface area (TPSA) is 97.6 Å². The lowest BCUT2D eigenvalue weighted by atomic mass is 10.2. The maximum Gasteiger partial charge on any atom is 0.270 e. The van der Waals surface area contributed by atoms with E-state index in [9.17, 15) is 23.3 Å². The molecular weight excluding hydrogens is 462 g/mol. The van der Waals surface area contributed by atoms with Gasteiger partial charge in [-0.05, 0) is 36.7 Å². The van der Waals surface area contributed by atoms with Gasteiger partial charge < -0.3 is 0 Å². The van der Waals surface area contributed by atoms with Crippen molar-refractivity contribution < 1.29 is 18.1 Å². The third kappa shape index (κ3) is 4.47. The minimum atomic E-state index is -4.47. The summed E-state index contributed by atoms with van der Waals surface area (Å²) < 4.78 is 27.0. The second-order valence-corrected chi connectivity index (χ2v) is 8.66. The molecule has 0 saturated heterocycles. The van der Waals surface area contributed by atoms with E-state index >= 15 is 0 Å². The number of carbonyl (C=O) groups is 1. The van der Waals surface area contributed by atoms with Crippen LogP contribution in [0.3, 0.4) is 0 Å². The van der Waals surface area contributed by atoms with E-state index in [1.807, 2.05) is 0 Å². The number of nitro benzene ring substituents is 1. The number of non-ortho nitro benzene ring substituents is 1. The number of nitro groups is 1. The molecule has 2 aromatic rings. The van der Waals surface area contributed by atoms with Crippen LogP contribution in [-0.4, -0.2) is 24.6 Å². The standard InChI is InChI=1S/C15H10Cl4N2O5S/c1-8(15(19)22)20(14-7-12(17)11(16)6-13(14)18)27(25,26)10-4-2-3-9(5-10)21(23)24/h2-8H,1H3. The molecule has 0 spiro atoms. The van der Waals surface area contributed by atoms with Crippen molar-refractivity contribution >= 4 is 73.0 Å². The van der Waals surface area contributed by atoms with E-state index in [4.69, 9.17) is 46.4 Å². The zero-order valence-electron chi connectivity index (χ0n) is 13.4. The van der Waals surface area contributed by atoms with E-state index in [0.29, 0.717) is 4.31 Å². The number of nitrogens with zero attached hydrogens (tertiary/aromatic N) is 2. The number of carbonyl (C=O) groups excluding carboxylic acids is 1. The minimum Gasteiger partial charge on any atom is -0.279 e. The van der Waals surface area contributed by atoms with Crippen LogP contribution in [0.1, 0.15) is 6.92 Å². The summed E-state index contributed by atoms with van der Waals surface area (Å²) in [7, 11) is -4.47. The Bertz CT molecular complexity index is 1030. The summed E-state index contributed by atoms with van der Waals surface area (Å²) in [4.78, 5) is 21.5. The number of sulfonamides is 1. The molecular formula is C15H10Cl4N2O5S. The van der Waals surface area contributed by atoms with Gasteiger partial charge in [-0.15, -0.1) is 0 Å². The summed E-state index contributed by atoms with van der Waals surface area (Å²) in [5.41, 5.74) is -0.597. The molecule has 0 N–H and O–H groups in total. The SMILES string of the molecule is CC(C(=O)Cl)N(c1cc(Cl)c(Cl)cc1Cl)S(=O)(=O)c1cccc([N+](=O)[O-])c1. The summed E-state index contributed by atoms with van der Waals surface area (Å²) in [5, 5.41) is 9.93. The van der Waals surface area contributed by atoms with Gasteiger partial charge in [0.05, 0.1) is 30.6 Å². The lowest BCUT2D eigenvalue weighted by Gasteiger charge is -2.29. The largest absolute Gasteiger partial charge is 0.279 e. The van der Waals surface area contributed by atoms with Gasteiger partial charge in [-0.25, -0.2) is 8.42 Å². The third-order valence-electron chi connectivity index (χ3n) is 3.49.